The number of ether oxygens (including phenoxy) is 2. The fourth-order valence-electron chi connectivity index (χ4n) is 2.69. The summed E-state index contributed by atoms with van der Waals surface area (Å²) in [6.45, 7) is -0.604. The van der Waals surface area contributed by atoms with E-state index in [2.05, 4.69) is 25.4 Å². The predicted octanol–water partition coefficient (Wildman–Crippen LogP) is 0.977. The Morgan fingerprint density at radius 3 is 2.27 bits per heavy atom. The SMILES string of the molecule is COC(=O)CN(CC(=O)OC)C(=O)[C@H]1CC(=O)N(c2ccccc2Br)C1. The summed E-state index contributed by atoms with van der Waals surface area (Å²) in [5.74, 6) is -2.65. The molecule has 140 valence electrons. The van der Waals surface area contributed by atoms with Crippen molar-refractivity contribution in [3.05, 3.63) is 28.7 Å². The van der Waals surface area contributed by atoms with Crippen molar-refractivity contribution >= 4 is 45.4 Å². The molecule has 8 nitrogen and oxygen atoms in total. The van der Waals surface area contributed by atoms with Crippen LogP contribution in [-0.2, 0) is 28.7 Å². The first-order valence-electron chi connectivity index (χ1n) is 7.84. The van der Waals surface area contributed by atoms with Crippen molar-refractivity contribution in [1.82, 2.24) is 4.90 Å². The number of anilines is 1. The van der Waals surface area contributed by atoms with Gasteiger partial charge in [-0.1, -0.05) is 12.1 Å². The summed E-state index contributed by atoms with van der Waals surface area (Å²) < 4.78 is 9.87. The molecule has 1 atom stereocenters. The molecule has 1 fully saturated rings. The van der Waals surface area contributed by atoms with Gasteiger partial charge in [-0.2, -0.15) is 0 Å². The second kappa shape index (κ2) is 8.79. The Bertz CT molecular complexity index is 705. The number of rotatable bonds is 6. The Balaban J connectivity index is 2.16. The molecule has 26 heavy (non-hydrogen) atoms. The highest BCUT2D eigenvalue weighted by atomic mass is 79.9. The molecule has 1 aromatic carbocycles. The van der Waals surface area contributed by atoms with Gasteiger partial charge in [0, 0.05) is 17.4 Å². The average Bonchev–Trinajstić information content (AvgIpc) is 3.02. The average molecular weight is 427 g/mol. The summed E-state index contributed by atoms with van der Waals surface area (Å²) in [7, 11) is 2.38. The molecule has 0 aliphatic carbocycles. The van der Waals surface area contributed by atoms with Gasteiger partial charge in [-0.3, -0.25) is 19.2 Å². The van der Waals surface area contributed by atoms with Crippen LogP contribution in [0.25, 0.3) is 0 Å². The van der Waals surface area contributed by atoms with Gasteiger partial charge in [0.25, 0.3) is 0 Å². The highest BCUT2D eigenvalue weighted by Crippen LogP contribution is 2.31. The second-order valence-electron chi connectivity index (χ2n) is 5.70. The Kier molecular flexibility index (Phi) is 6.73. The first kappa shape index (κ1) is 19.9. The monoisotopic (exact) mass is 426 g/mol. The summed E-state index contributed by atoms with van der Waals surface area (Å²) >= 11 is 3.39. The van der Waals surface area contributed by atoms with E-state index in [-0.39, 0.29) is 32.0 Å². The Labute approximate surface area is 159 Å². The fourth-order valence-corrected chi connectivity index (χ4v) is 3.19. The van der Waals surface area contributed by atoms with Crippen molar-refractivity contribution in [1.29, 1.82) is 0 Å². The van der Waals surface area contributed by atoms with Gasteiger partial charge in [-0.25, -0.2) is 0 Å². The first-order chi connectivity index (χ1) is 12.4. The third-order valence-electron chi connectivity index (χ3n) is 4.02. The van der Waals surface area contributed by atoms with Crippen molar-refractivity contribution < 1.29 is 28.7 Å². The van der Waals surface area contributed by atoms with Crippen LogP contribution in [0.15, 0.2) is 28.7 Å². The van der Waals surface area contributed by atoms with Gasteiger partial charge < -0.3 is 19.3 Å². The van der Waals surface area contributed by atoms with Crippen LogP contribution >= 0.6 is 15.9 Å². The molecule has 2 rings (SSSR count). The summed E-state index contributed by atoms with van der Waals surface area (Å²) in [5.41, 5.74) is 0.667. The second-order valence-corrected chi connectivity index (χ2v) is 6.56. The molecule has 0 aromatic heterocycles. The third-order valence-corrected chi connectivity index (χ3v) is 4.70. The maximum atomic E-state index is 12.8. The number of para-hydroxylation sites is 1. The standard InChI is InChI=1S/C17H19BrN2O6/c1-25-15(22)9-19(10-16(23)26-2)17(24)11-7-14(21)20(8-11)13-6-4-3-5-12(13)18/h3-6,11H,7-10H2,1-2H3/t11-/m0/s1. The molecule has 1 saturated heterocycles. The minimum atomic E-state index is -0.663. The molecule has 1 heterocycles. The van der Waals surface area contributed by atoms with Crippen LogP contribution in [0.5, 0.6) is 0 Å². The third kappa shape index (κ3) is 4.60. The maximum absolute atomic E-state index is 12.8. The number of esters is 2. The van der Waals surface area contributed by atoms with Gasteiger partial charge in [0.05, 0.1) is 25.8 Å². The largest absolute Gasteiger partial charge is 0.468 e. The lowest BCUT2D eigenvalue weighted by atomic mass is 10.1. The number of halogens is 1. The Hall–Kier alpha value is -2.42. The lowest BCUT2D eigenvalue weighted by Crippen LogP contribution is -2.44. The van der Waals surface area contributed by atoms with E-state index in [9.17, 15) is 19.2 Å². The van der Waals surface area contributed by atoms with E-state index in [4.69, 9.17) is 0 Å². The van der Waals surface area contributed by atoms with Crippen molar-refractivity contribution in [3.8, 4) is 0 Å². The zero-order valence-corrected chi connectivity index (χ0v) is 16.0. The van der Waals surface area contributed by atoms with Crippen LogP contribution in [0.3, 0.4) is 0 Å². The van der Waals surface area contributed by atoms with E-state index in [1.165, 1.54) is 19.1 Å². The highest BCUT2D eigenvalue weighted by molar-refractivity contribution is 9.10. The van der Waals surface area contributed by atoms with Crippen molar-refractivity contribution in [2.75, 3.05) is 38.8 Å². The molecule has 1 aliphatic rings. The van der Waals surface area contributed by atoms with Gasteiger partial charge >= 0.3 is 11.9 Å². The summed E-state index contributed by atoms with van der Waals surface area (Å²) in [6, 6.07) is 7.20. The van der Waals surface area contributed by atoms with E-state index in [0.717, 1.165) is 9.37 Å². The summed E-state index contributed by atoms with van der Waals surface area (Å²) in [4.78, 5) is 50.8. The Morgan fingerprint density at radius 1 is 1.15 bits per heavy atom. The normalized spacial score (nSPS) is 16.3. The minimum Gasteiger partial charge on any atom is -0.468 e. The number of hydrogen-bond donors (Lipinski definition) is 0. The summed E-state index contributed by atoms with van der Waals surface area (Å²) in [5, 5.41) is 0. The number of carbonyl (C=O) groups excluding carboxylic acids is 4. The topological polar surface area (TPSA) is 93.2 Å². The molecule has 1 aliphatic heterocycles. The minimum absolute atomic E-state index is 0.000979. The number of methoxy groups -OCH3 is 2. The molecule has 9 heteroatoms. The van der Waals surface area contributed by atoms with Crippen molar-refractivity contribution in [3.63, 3.8) is 0 Å². The van der Waals surface area contributed by atoms with Crippen LogP contribution in [0.1, 0.15) is 6.42 Å². The van der Waals surface area contributed by atoms with E-state index in [1.807, 2.05) is 6.07 Å². The van der Waals surface area contributed by atoms with E-state index >= 15 is 0 Å². The van der Waals surface area contributed by atoms with Gasteiger partial charge in [0.1, 0.15) is 13.1 Å². The molecule has 2 amide bonds. The quantitative estimate of drug-likeness (QED) is 0.629. The molecular formula is C17H19BrN2O6. The van der Waals surface area contributed by atoms with Gasteiger partial charge in [-0.05, 0) is 28.1 Å². The van der Waals surface area contributed by atoms with Gasteiger partial charge in [-0.15, -0.1) is 0 Å². The van der Waals surface area contributed by atoms with E-state index < -0.39 is 23.8 Å². The lowest BCUT2D eigenvalue weighted by molar-refractivity contribution is -0.153. The smallest absolute Gasteiger partial charge is 0.325 e. The molecule has 0 saturated carbocycles. The van der Waals surface area contributed by atoms with Gasteiger partial charge in [0.15, 0.2) is 0 Å². The van der Waals surface area contributed by atoms with Crippen LogP contribution in [-0.4, -0.2) is 62.5 Å². The van der Waals surface area contributed by atoms with Crippen molar-refractivity contribution in [2.24, 2.45) is 5.92 Å². The lowest BCUT2D eigenvalue weighted by Gasteiger charge is -2.23. The van der Waals surface area contributed by atoms with Gasteiger partial charge in [0.2, 0.25) is 11.8 Å². The molecule has 0 N–H and O–H groups in total. The number of carbonyl (C=O) groups is 4. The van der Waals surface area contributed by atoms with E-state index in [1.54, 1.807) is 18.2 Å². The number of nitrogens with zero attached hydrogens (tertiary/aromatic N) is 2. The van der Waals surface area contributed by atoms with E-state index in [0.29, 0.717) is 5.69 Å². The molecular weight excluding hydrogens is 408 g/mol. The molecule has 0 radical (unpaired) electrons. The van der Waals surface area contributed by atoms with Crippen LogP contribution in [0.4, 0.5) is 5.69 Å². The highest BCUT2D eigenvalue weighted by Gasteiger charge is 2.38. The zero-order chi connectivity index (χ0) is 19.3. The van der Waals surface area contributed by atoms with Crippen LogP contribution < -0.4 is 4.90 Å². The predicted molar refractivity (Wildman–Crippen MR) is 95.2 cm³/mol. The maximum Gasteiger partial charge on any atom is 0.325 e. The molecule has 1 aromatic rings. The van der Waals surface area contributed by atoms with Crippen molar-refractivity contribution in [2.45, 2.75) is 6.42 Å². The Morgan fingerprint density at radius 2 is 1.73 bits per heavy atom. The first-order valence-corrected chi connectivity index (χ1v) is 8.64. The number of amides is 2. The molecule has 0 unspecified atom stereocenters. The number of hydrogen-bond acceptors (Lipinski definition) is 6. The zero-order valence-electron chi connectivity index (χ0n) is 14.4. The summed E-state index contributed by atoms with van der Waals surface area (Å²) in [6.07, 6.45) is -0.000979. The van der Waals surface area contributed by atoms with Crippen LogP contribution in [0, 0.1) is 5.92 Å². The number of benzene rings is 1. The fraction of sp³-hybridized carbons (Fsp3) is 0.412. The van der Waals surface area contributed by atoms with Crippen LogP contribution in [0.2, 0.25) is 0 Å². The molecule has 0 bridgehead atoms. The molecule has 0 spiro atoms.